The van der Waals surface area contributed by atoms with Crippen molar-refractivity contribution in [3.05, 3.63) is 29.8 Å². The third-order valence-electron chi connectivity index (χ3n) is 2.66. The Kier molecular flexibility index (Phi) is 5.20. The minimum atomic E-state index is 0.00438. The molecule has 0 unspecified atom stereocenters. The van der Waals surface area contributed by atoms with E-state index in [0.29, 0.717) is 13.2 Å². The smallest absolute Gasteiger partial charge is 0.216 e. The lowest BCUT2D eigenvalue weighted by Gasteiger charge is -2.19. The van der Waals surface area contributed by atoms with E-state index in [1.54, 1.807) is 0 Å². The van der Waals surface area contributed by atoms with Crippen LogP contribution < -0.4 is 10.1 Å². The Hall–Kier alpha value is -1.51. The van der Waals surface area contributed by atoms with Crippen LogP contribution in [0.1, 0.15) is 39.7 Å². The summed E-state index contributed by atoms with van der Waals surface area (Å²) in [5, 5.41) is 2.75. The first-order valence-corrected chi connectivity index (χ1v) is 6.37. The molecule has 0 saturated carbocycles. The van der Waals surface area contributed by atoms with E-state index in [9.17, 15) is 4.79 Å². The molecule has 1 aromatic carbocycles. The molecule has 0 saturated heterocycles. The third-order valence-corrected chi connectivity index (χ3v) is 2.66. The molecule has 3 heteroatoms. The topological polar surface area (TPSA) is 38.3 Å². The van der Waals surface area contributed by atoms with Crippen LogP contribution in [0.2, 0.25) is 0 Å². The molecule has 0 bridgehead atoms. The molecule has 0 aliphatic heterocycles. The van der Waals surface area contributed by atoms with Gasteiger partial charge in [-0.25, -0.2) is 0 Å². The molecule has 0 fully saturated rings. The number of hydrogen-bond donors (Lipinski definition) is 1. The molecule has 3 nitrogen and oxygen atoms in total. The lowest BCUT2D eigenvalue weighted by Crippen LogP contribution is -2.22. The first-order valence-electron chi connectivity index (χ1n) is 6.37. The summed E-state index contributed by atoms with van der Waals surface area (Å²) >= 11 is 0. The SMILES string of the molecule is CC(=O)NCCCOc1cccc(C(C)(C)C)c1. The summed E-state index contributed by atoms with van der Waals surface area (Å²) in [7, 11) is 0. The Bertz CT molecular complexity index is 394. The zero-order chi connectivity index (χ0) is 13.6. The molecule has 0 aliphatic carbocycles. The van der Waals surface area contributed by atoms with E-state index in [4.69, 9.17) is 4.74 Å². The van der Waals surface area contributed by atoms with Crippen LogP contribution in [-0.2, 0) is 10.2 Å². The van der Waals surface area contributed by atoms with E-state index in [-0.39, 0.29) is 11.3 Å². The van der Waals surface area contributed by atoms with Crippen molar-refractivity contribution >= 4 is 5.91 Å². The first-order chi connectivity index (χ1) is 8.39. The van der Waals surface area contributed by atoms with Gasteiger partial charge in [0.2, 0.25) is 5.91 Å². The van der Waals surface area contributed by atoms with Gasteiger partial charge in [-0.2, -0.15) is 0 Å². The van der Waals surface area contributed by atoms with E-state index < -0.39 is 0 Å². The zero-order valence-corrected chi connectivity index (χ0v) is 11.7. The van der Waals surface area contributed by atoms with Crippen molar-refractivity contribution in [3.8, 4) is 5.75 Å². The number of carbonyl (C=O) groups excluding carboxylic acids is 1. The fraction of sp³-hybridized carbons (Fsp3) is 0.533. The van der Waals surface area contributed by atoms with E-state index in [1.807, 2.05) is 12.1 Å². The highest BCUT2D eigenvalue weighted by atomic mass is 16.5. The second-order valence-electron chi connectivity index (χ2n) is 5.46. The van der Waals surface area contributed by atoms with Gasteiger partial charge in [-0.05, 0) is 29.5 Å². The minimum absolute atomic E-state index is 0.00438. The maximum Gasteiger partial charge on any atom is 0.216 e. The molecular weight excluding hydrogens is 226 g/mol. The van der Waals surface area contributed by atoms with Gasteiger partial charge in [-0.15, -0.1) is 0 Å². The Morgan fingerprint density at radius 2 is 2.06 bits per heavy atom. The molecule has 1 aromatic rings. The van der Waals surface area contributed by atoms with Crippen LogP contribution in [0.3, 0.4) is 0 Å². The highest BCUT2D eigenvalue weighted by molar-refractivity contribution is 5.72. The molecule has 1 rings (SSSR count). The van der Waals surface area contributed by atoms with Crippen molar-refractivity contribution in [2.45, 2.75) is 39.5 Å². The summed E-state index contributed by atoms with van der Waals surface area (Å²) in [5.41, 5.74) is 1.40. The fourth-order valence-corrected chi connectivity index (χ4v) is 1.58. The van der Waals surface area contributed by atoms with Crippen molar-refractivity contribution in [2.24, 2.45) is 0 Å². The average Bonchev–Trinajstić information content (AvgIpc) is 2.27. The van der Waals surface area contributed by atoms with Gasteiger partial charge < -0.3 is 10.1 Å². The van der Waals surface area contributed by atoms with Crippen molar-refractivity contribution in [1.82, 2.24) is 5.32 Å². The fourth-order valence-electron chi connectivity index (χ4n) is 1.58. The van der Waals surface area contributed by atoms with Crippen LogP contribution in [0.25, 0.3) is 0 Å². The molecule has 0 aromatic heterocycles. The number of hydrogen-bond acceptors (Lipinski definition) is 2. The van der Waals surface area contributed by atoms with E-state index in [0.717, 1.165) is 12.2 Å². The summed E-state index contributed by atoms with van der Waals surface area (Å²) in [6.07, 6.45) is 0.819. The van der Waals surface area contributed by atoms with Crippen molar-refractivity contribution < 1.29 is 9.53 Å². The Morgan fingerprint density at radius 3 is 2.67 bits per heavy atom. The molecular formula is C15H23NO2. The third kappa shape index (κ3) is 5.21. The van der Waals surface area contributed by atoms with Gasteiger partial charge in [0.05, 0.1) is 6.61 Å². The second-order valence-corrected chi connectivity index (χ2v) is 5.46. The summed E-state index contributed by atoms with van der Waals surface area (Å²) < 4.78 is 5.67. The second kappa shape index (κ2) is 6.43. The van der Waals surface area contributed by atoms with Gasteiger partial charge in [0.25, 0.3) is 0 Å². The molecule has 0 aliphatic rings. The van der Waals surface area contributed by atoms with E-state index in [2.05, 4.69) is 38.2 Å². The van der Waals surface area contributed by atoms with Crippen LogP contribution >= 0.6 is 0 Å². The Morgan fingerprint density at radius 1 is 1.33 bits per heavy atom. The predicted molar refractivity (Wildman–Crippen MR) is 73.9 cm³/mol. The molecule has 1 amide bonds. The quantitative estimate of drug-likeness (QED) is 0.815. The van der Waals surface area contributed by atoms with Gasteiger partial charge in [0, 0.05) is 13.5 Å². The monoisotopic (exact) mass is 249 g/mol. The first kappa shape index (κ1) is 14.6. The van der Waals surface area contributed by atoms with Crippen LogP contribution in [-0.4, -0.2) is 19.1 Å². The molecule has 0 atom stereocenters. The maximum absolute atomic E-state index is 10.7. The molecule has 100 valence electrons. The van der Waals surface area contributed by atoms with Gasteiger partial charge in [0.15, 0.2) is 0 Å². The highest BCUT2D eigenvalue weighted by Gasteiger charge is 2.13. The van der Waals surface area contributed by atoms with Crippen molar-refractivity contribution in [2.75, 3.05) is 13.2 Å². The lowest BCUT2D eigenvalue weighted by atomic mass is 9.87. The van der Waals surface area contributed by atoms with Crippen molar-refractivity contribution in [3.63, 3.8) is 0 Å². The minimum Gasteiger partial charge on any atom is -0.494 e. The standard InChI is InChI=1S/C15H23NO2/c1-12(17)16-9-6-10-18-14-8-5-7-13(11-14)15(2,3)4/h5,7-8,11H,6,9-10H2,1-4H3,(H,16,17). The van der Waals surface area contributed by atoms with Gasteiger partial charge in [-0.1, -0.05) is 32.9 Å². The van der Waals surface area contributed by atoms with Crippen LogP contribution in [0.15, 0.2) is 24.3 Å². The van der Waals surface area contributed by atoms with Gasteiger partial charge >= 0.3 is 0 Å². The molecule has 0 heterocycles. The predicted octanol–water partition coefficient (Wildman–Crippen LogP) is 2.89. The number of carbonyl (C=O) groups is 1. The Balaban J connectivity index is 2.41. The number of ether oxygens (including phenoxy) is 1. The van der Waals surface area contributed by atoms with Crippen LogP contribution in [0.5, 0.6) is 5.75 Å². The van der Waals surface area contributed by atoms with Crippen LogP contribution in [0, 0.1) is 0 Å². The largest absolute Gasteiger partial charge is 0.494 e. The highest BCUT2D eigenvalue weighted by Crippen LogP contribution is 2.25. The normalized spacial score (nSPS) is 11.1. The summed E-state index contributed by atoms with van der Waals surface area (Å²) in [6.45, 7) is 9.35. The van der Waals surface area contributed by atoms with Crippen LogP contribution in [0.4, 0.5) is 0 Å². The van der Waals surface area contributed by atoms with Gasteiger partial charge in [-0.3, -0.25) is 4.79 Å². The number of nitrogens with one attached hydrogen (secondary N) is 1. The molecule has 0 radical (unpaired) electrons. The Labute approximate surface area is 110 Å². The molecule has 18 heavy (non-hydrogen) atoms. The molecule has 0 spiro atoms. The zero-order valence-electron chi connectivity index (χ0n) is 11.7. The average molecular weight is 249 g/mol. The summed E-state index contributed by atoms with van der Waals surface area (Å²) in [4.78, 5) is 10.7. The van der Waals surface area contributed by atoms with E-state index >= 15 is 0 Å². The lowest BCUT2D eigenvalue weighted by molar-refractivity contribution is -0.118. The molecule has 1 N–H and O–H groups in total. The summed E-state index contributed by atoms with van der Waals surface area (Å²) in [6, 6.07) is 8.18. The maximum atomic E-state index is 10.7. The van der Waals surface area contributed by atoms with Crippen molar-refractivity contribution in [1.29, 1.82) is 0 Å². The number of rotatable bonds is 5. The number of benzene rings is 1. The van der Waals surface area contributed by atoms with E-state index in [1.165, 1.54) is 12.5 Å². The van der Waals surface area contributed by atoms with Gasteiger partial charge in [0.1, 0.15) is 5.75 Å². The number of amides is 1. The summed E-state index contributed by atoms with van der Waals surface area (Å²) in [5.74, 6) is 0.898.